The fraction of sp³-hybridized carbons (Fsp3) is 0.786. The Balaban J connectivity index is 5.32. The standard InChI is InChI=1S/C14H29N3O4Si/c1-8-12(5)15-19-22(18-11-4,20-16-13(6)9-2)21-17-14(7)10-3/h8-11H2,1-7H3/b15-12-,16-13+,17-14+. The van der Waals surface area contributed by atoms with Crippen LogP contribution in [-0.2, 0) is 18.0 Å². The highest BCUT2D eigenvalue weighted by Crippen LogP contribution is 2.15. The average Bonchev–Trinajstić information content (AvgIpc) is 2.54. The maximum atomic E-state index is 5.57. The molecule has 0 N–H and O–H groups in total. The Hall–Kier alpha value is -1.41. The molecule has 0 aromatic rings. The highest BCUT2D eigenvalue weighted by atomic mass is 28.4. The molecule has 0 aliphatic carbocycles. The Kier molecular flexibility index (Phi) is 10.5. The van der Waals surface area contributed by atoms with E-state index in [1.807, 2.05) is 48.5 Å². The van der Waals surface area contributed by atoms with Crippen molar-refractivity contribution in [2.45, 2.75) is 67.7 Å². The van der Waals surface area contributed by atoms with Gasteiger partial charge < -0.3 is 18.0 Å². The fourth-order valence-corrected chi connectivity index (χ4v) is 2.32. The highest BCUT2D eigenvalue weighted by Gasteiger charge is 2.57. The minimum atomic E-state index is -3.60. The molecule has 22 heavy (non-hydrogen) atoms. The van der Waals surface area contributed by atoms with Gasteiger partial charge >= 0.3 is 9.05 Å². The largest absolute Gasteiger partial charge is 0.957 e. The van der Waals surface area contributed by atoms with Crippen LogP contribution in [0.4, 0.5) is 0 Å². The minimum absolute atomic E-state index is 0.342. The van der Waals surface area contributed by atoms with E-state index in [2.05, 4.69) is 15.5 Å². The fourth-order valence-electron chi connectivity index (χ4n) is 0.901. The van der Waals surface area contributed by atoms with Crippen LogP contribution in [-0.4, -0.2) is 32.8 Å². The van der Waals surface area contributed by atoms with E-state index in [4.69, 9.17) is 18.0 Å². The maximum Gasteiger partial charge on any atom is 0.957 e. The zero-order chi connectivity index (χ0) is 17.0. The lowest BCUT2D eigenvalue weighted by molar-refractivity contribution is -0.0301. The smallest absolute Gasteiger partial charge is 0.351 e. The summed E-state index contributed by atoms with van der Waals surface area (Å²) in [6, 6.07) is 0. The molecule has 7 nitrogen and oxygen atoms in total. The predicted octanol–water partition coefficient (Wildman–Crippen LogP) is 3.87. The van der Waals surface area contributed by atoms with Gasteiger partial charge in [-0.05, 0) is 47.0 Å². The third-order valence-corrected chi connectivity index (χ3v) is 4.38. The molecule has 0 saturated heterocycles. The van der Waals surface area contributed by atoms with Gasteiger partial charge in [0.2, 0.25) is 0 Å². The minimum Gasteiger partial charge on any atom is -0.351 e. The molecular formula is C14H29N3O4Si. The van der Waals surface area contributed by atoms with Gasteiger partial charge in [0, 0.05) is 6.61 Å². The van der Waals surface area contributed by atoms with E-state index in [-0.39, 0.29) is 0 Å². The molecule has 0 aromatic heterocycles. The quantitative estimate of drug-likeness (QED) is 0.327. The molecule has 0 aliphatic heterocycles. The van der Waals surface area contributed by atoms with E-state index < -0.39 is 9.05 Å². The summed E-state index contributed by atoms with van der Waals surface area (Å²) in [4.78, 5) is 0. The average molecular weight is 331 g/mol. The van der Waals surface area contributed by atoms with Gasteiger partial charge in [-0.3, -0.25) is 0 Å². The third-order valence-electron chi connectivity index (χ3n) is 2.80. The van der Waals surface area contributed by atoms with Gasteiger partial charge in [0.1, 0.15) is 0 Å². The topological polar surface area (TPSA) is 74.0 Å². The molecule has 0 bridgehead atoms. The molecule has 128 valence electrons. The number of hydrogen-bond donors (Lipinski definition) is 0. The summed E-state index contributed by atoms with van der Waals surface area (Å²) < 4.78 is 21.9. The Morgan fingerprint density at radius 3 is 1.23 bits per heavy atom. The molecule has 0 spiro atoms. The van der Waals surface area contributed by atoms with Crippen LogP contribution in [0.3, 0.4) is 0 Å². The Morgan fingerprint density at radius 1 is 0.682 bits per heavy atom. The van der Waals surface area contributed by atoms with Crippen LogP contribution in [0.2, 0.25) is 0 Å². The molecule has 0 rings (SSSR count). The Labute approximate surface area is 134 Å². The van der Waals surface area contributed by atoms with Crippen molar-refractivity contribution in [3.63, 3.8) is 0 Å². The second kappa shape index (κ2) is 11.2. The van der Waals surface area contributed by atoms with E-state index in [9.17, 15) is 0 Å². The lowest BCUT2D eigenvalue weighted by Crippen LogP contribution is -2.46. The zero-order valence-electron chi connectivity index (χ0n) is 14.8. The number of hydrogen-bond acceptors (Lipinski definition) is 7. The van der Waals surface area contributed by atoms with Crippen molar-refractivity contribution >= 4 is 26.2 Å². The van der Waals surface area contributed by atoms with Gasteiger partial charge in [-0.25, -0.2) is 0 Å². The Bertz CT molecular complexity index is 356. The summed E-state index contributed by atoms with van der Waals surface area (Å²) in [5.41, 5.74) is 2.41. The summed E-state index contributed by atoms with van der Waals surface area (Å²) in [5, 5.41) is 12.0. The molecular weight excluding hydrogens is 302 g/mol. The van der Waals surface area contributed by atoms with Crippen LogP contribution in [0, 0.1) is 0 Å². The molecule has 0 heterocycles. The van der Waals surface area contributed by atoms with E-state index in [1.54, 1.807) is 0 Å². The first-order valence-electron chi connectivity index (χ1n) is 7.71. The maximum absolute atomic E-state index is 5.57. The summed E-state index contributed by atoms with van der Waals surface area (Å²) in [6.45, 7) is 13.7. The first kappa shape index (κ1) is 20.6. The van der Waals surface area contributed by atoms with Gasteiger partial charge in [-0.15, -0.1) is 15.5 Å². The van der Waals surface area contributed by atoms with Gasteiger partial charge in [0.05, 0.1) is 17.1 Å². The van der Waals surface area contributed by atoms with E-state index in [0.717, 1.165) is 36.4 Å². The van der Waals surface area contributed by atoms with Crippen molar-refractivity contribution in [1.29, 1.82) is 0 Å². The monoisotopic (exact) mass is 331 g/mol. The molecule has 0 aliphatic rings. The van der Waals surface area contributed by atoms with Crippen molar-refractivity contribution in [3.05, 3.63) is 0 Å². The second-order valence-corrected chi connectivity index (χ2v) is 6.58. The zero-order valence-corrected chi connectivity index (χ0v) is 15.8. The van der Waals surface area contributed by atoms with Crippen molar-refractivity contribution in [2.75, 3.05) is 6.61 Å². The van der Waals surface area contributed by atoms with Gasteiger partial charge in [0.15, 0.2) is 0 Å². The van der Waals surface area contributed by atoms with Crippen molar-refractivity contribution < 1.29 is 18.0 Å². The third kappa shape index (κ3) is 8.13. The normalized spacial score (nSPS) is 14.0. The molecule has 0 atom stereocenters. The van der Waals surface area contributed by atoms with Crippen LogP contribution in [0.1, 0.15) is 67.7 Å². The molecule has 0 saturated carbocycles. The van der Waals surface area contributed by atoms with Gasteiger partial charge in [-0.2, -0.15) is 0 Å². The van der Waals surface area contributed by atoms with E-state index in [0.29, 0.717) is 6.61 Å². The van der Waals surface area contributed by atoms with Gasteiger partial charge in [-0.1, -0.05) is 20.8 Å². The molecule has 8 heteroatoms. The molecule has 0 amide bonds. The molecule has 0 fully saturated rings. The molecule has 0 unspecified atom stereocenters. The number of oxime groups is 3. The van der Waals surface area contributed by atoms with E-state index >= 15 is 0 Å². The van der Waals surface area contributed by atoms with Gasteiger partial charge in [0.25, 0.3) is 0 Å². The number of rotatable bonds is 11. The highest BCUT2D eigenvalue weighted by molar-refractivity contribution is 6.53. The Morgan fingerprint density at radius 2 is 1.00 bits per heavy atom. The van der Waals surface area contributed by atoms with Crippen molar-refractivity contribution in [3.8, 4) is 0 Å². The van der Waals surface area contributed by atoms with Crippen LogP contribution < -0.4 is 0 Å². The predicted molar refractivity (Wildman–Crippen MR) is 90.8 cm³/mol. The lowest BCUT2D eigenvalue weighted by Gasteiger charge is -2.20. The first-order chi connectivity index (χ1) is 10.4. The second-order valence-electron chi connectivity index (χ2n) is 4.75. The molecule has 0 aromatic carbocycles. The summed E-state index contributed by atoms with van der Waals surface area (Å²) >= 11 is 0. The summed E-state index contributed by atoms with van der Waals surface area (Å²) in [5.74, 6) is 0. The number of nitrogens with zero attached hydrogens (tertiary/aromatic N) is 3. The first-order valence-corrected chi connectivity index (χ1v) is 9.35. The molecule has 0 radical (unpaired) electrons. The van der Waals surface area contributed by atoms with Crippen LogP contribution in [0.25, 0.3) is 0 Å². The summed E-state index contributed by atoms with van der Waals surface area (Å²) in [6.07, 6.45) is 2.27. The van der Waals surface area contributed by atoms with Crippen LogP contribution in [0.15, 0.2) is 15.5 Å². The van der Waals surface area contributed by atoms with E-state index in [1.165, 1.54) is 0 Å². The van der Waals surface area contributed by atoms with Crippen LogP contribution >= 0.6 is 0 Å². The lowest BCUT2D eigenvalue weighted by atomic mass is 10.3. The SMILES string of the molecule is CCO[Si](O/N=C(/C)CC)(O/N=C(\C)CC)O/N=C(\C)CC. The van der Waals surface area contributed by atoms with Crippen LogP contribution in [0.5, 0.6) is 0 Å². The van der Waals surface area contributed by atoms with Crippen molar-refractivity contribution in [2.24, 2.45) is 15.5 Å². The summed E-state index contributed by atoms with van der Waals surface area (Å²) in [7, 11) is -3.60. The van der Waals surface area contributed by atoms with Crippen molar-refractivity contribution in [1.82, 2.24) is 0 Å².